The molecule has 0 fully saturated rings. The molecular weight excluding hydrogens is 380 g/mol. The number of amides is 1. The Bertz CT molecular complexity index is 935. The molecule has 6 nitrogen and oxygen atoms in total. The summed E-state index contributed by atoms with van der Waals surface area (Å²) in [5.41, 5.74) is -0.365. The van der Waals surface area contributed by atoms with Gasteiger partial charge in [-0.1, -0.05) is 11.6 Å². The molecule has 0 radical (unpaired) electrons. The molecule has 1 aromatic heterocycles. The molecular formula is C15H9ClF4N4O2. The summed E-state index contributed by atoms with van der Waals surface area (Å²) in [6.07, 6.45) is -6.32. The molecule has 1 unspecified atom stereocenters. The summed E-state index contributed by atoms with van der Waals surface area (Å²) in [6.45, 7) is -1.27. The van der Waals surface area contributed by atoms with E-state index in [-0.39, 0.29) is 27.5 Å². The van der Waals surface area contributed by atoms with Gasteiger partial charge in [-0.25, -0.2) is 9.18 Å². The lowest BCUT2D eigenvalue weighted by Gasteiger charge is -2.33. The quantitative estimate of drug-likeness (QED) is 0.753. The average Bonchev–Trinajstić information content (AvgIpc) is 2.93. The van der Waals surface area contributed by atoms with Crippen LogP contribution in [0.1, 0.15) is 17.3 Å². The van der Waals surface area contributed by atoms with Crippen molar-refractivity contribution in [3.05, 3.63) is 40.3 Å². The maximum atomic E-state index is 13.4. The van der Waals surface area contributed by atoms with E-state index in [4.69, 9.17) is 16.7 Å². The van der Waals surface area contributed by atoms with Gasteiger partial charge in [0.25, 0.3) is 0 Å². The number of hydrogen-bond donors (Lipinski definition) is 1. The molecule has 1 N–H and O–H groups in total. The number of aromatic nitrogens is 2. The first-order chi connectivity index (χ1) is 12.1. The number of alkyl halides is 3. The second-order valence-corrected chi connectivity index (χ2v) is 5.98. The maximum Gasteiger partial charge on any atom is 0.412 e. The minimum atomic E-state index is -4.78. The third-order valence-corrected chi connectivity index (χ3v) is 4.28. The van der Waals surface area contributed by atoms with Crippen molar-refractivity contribution in [2.75, 3.05) is 6.54 Å². The second-order valence-electron chi connectivity index (χ2n) is 5.58. The number of nitrogens with zero attached hydrogens (tertiary/aromatic N) is 4. The van der Waals surface area contributed by atoms with E-state index in [0.717, 1.165) is 12.1 Å². The Morgan fingerprint density at radius 3 is 2.65 bits per heavy atom. The highest BCUT2D eigenvalue weighted by Crippen LogP contribution is 2.39. The first-order valence-electron chi connectivity index (χ1n) is 7.15. The number of halogens is 5. The highest BCUT2D eigenvalue weighted by Gasteiger charge is 2.48. The van der Waals surface area contributed by atoms with Gasteiger partial charge in [0, 0.05) is 5.56 Å². The summed E-state index contributed by atoms with van der Waals surface area (Å²) < 4.78 is 54.1. The van der Waals surface area contributed by atoms with Crippen LogP contribution in [0.4, 0.5) is 22.4 Å². The SMILES string of the molecule is N#Cc1c(-c2ccc(F)c(Cl)c2)nn2c1CN(C(=O)O)CC2C(F)(F)F. The molecule has 11 heteroatoms. The third kappa shape index (κ3) is 2.94. The van der Waals surface area contributed by atoms with Crippen molar-refractivity contribution in [3.63, 3.8) is 0 Å². The van der Waals surface area contributed by atoms with E-state index in [9.17, 15) is 27.6 Å². The summed E-state index contributed by atoms with van der Waals surface area (Å²) in [5.74, 6) is -0.733. The van der Waals surface area contributed by atoms with Crippen molar-refractivity contribution in [1.29, 1.82) is 5.26 Å². The van der Waals surface area contributed by atoms with Crippen LogP contribution < -0.4 is 0 Å². The van der Waals surface area contributed by atoms with Gasteiger partial charge in [-0.2, -0.15) is 23.5 Å². The van der Waals surface area contributed by atoms with Crippen LogP contribution in [0.5, 0.6) is 0 Å². The van der Waals surface area contributed by atoms with Gasteiger partial charge < -0.3 is 5.11 Å². The fourth-order valence-corrected chi connectivity index (χ4v) is 2.94. The van der Waals surface area contributed by atoms with Gasteiger partial charge in [-0.15, -0.1) is 0 Å². The Labute approximate surface area is 148 Å². The van der Waals surface area contributed by atoms with Crippen LogP contribution in [0, 0.1) is 17.1 Å². The largest absolute Gasteiger partial charge is 0.465 e. The summed E-state index contributed by atoms with van der Waals surface area (Å²) in [7, 11) is 0. The van der Waals surface area contributed by atoms with Gasteiger partial charge in [0.2, 0.25) is 0 Å². The predicted molar refractivity (Wildman–Crippen MR) is 80.9 cm³/mol. The molecule has 136 valence electrons. The minimum Gasteiger partial charge on any atom is -0.465 e. The summed E-state index contributed by atoms with van der Waals surface area (Å²) in [5, 5.41) is 22.1. The predicted octanol–water partition coefficient (Wildman–Crippen LogP) is 3.81. The number of rotatable bonds is 1. The Hall–Kier alpha value is -2.80. The number of carboxylic acid groups (broad SMARTS) is 1. The zero-order valence-corrected chi connectivity index (χ0v) is 13.5. The van der Waals surface area contributed by atoms with E-state index < -0.39 is 37.2 Å². The fourth-order valence-electron chi connectivity index (χ4n) is 2.76. The molecule has 2 heterocycles. The molecule has 1 aromatic carbocycles. The van der Waals surface area contributed by atoms with Gasteiger partial charge in [0.05, 0.1) is 23.8 Å². The molecule has 0 bridgehead atoms. The van der Waals surface area contributed by atoms with Crippen LogP contribution >= 0.6 is 11.6 Å². The molecule has 26 heavy (non-hydrogen) atoms. The lowest BCUT2D eigenvalue weighted by Crippen LogP contribution is -2.46. The zero-order valence-electron chi connectivity index (χ0n) is 12.8. The van der Waals surface area contributed by atoms with E-state index >= 15 is 0 Å². The van der Waals surface area contributed by atoms with E-state index in [1.807, 2.05) is 0 Å². The molecule has 0 aliphatic carbocycles. The van der Waals surface area contributed by atoms with Gasteiger partial charge in [-0.3, -0.25) is 9.58 Å². The first-order valence-corrected chi connectivity index (χ1v) is 7.52. The minimum absolute atomic E-state index is 0.120. The number of hydrogen-bond acceptors (Lipinski definition) is 3. The monoisotopic (exact) mass is 388 g/mol. The summed E-state index contributed by atoms with van der Waals surface area (Å²) in [6, 6.07) is 2.90. The maximum absolute atomic E-state index is 13.4. The van der Waals surface area contributed by atoms with Gasteiger partial charge >= 0.3 is 12.3 Å². The highest BCUT2D eigenvalue weighted by atomic mass is 35.5. The van der Waals surface area contributed by atoms with Crippen molar-refractivity contribution in [1.82, 2.24) is 14.7 Å². The smallest absolute Gasteiger partial charge is 0.412 e. The van der Waals surface area contributed by atoms with Crippen molar-refractivity contribution in [2.24, 2.45) is 0 Å². The first kappa shape index (κ1) is 18.0. The molecule has 0 saturated heterocycles. The van der Waals surface area contributed by atoms with E-state index in [1.54, 1.807) is 6.07 Å². The fraction of sp³-hybridized carbons (Fsp3) is 0.267. The molecule has 0 saturated carbocycles. The van der Waals surface area contributed by atoms with Gasteiger partial charge in [-0.05, 0) is 18.2 Å². The van der Waals surface area contributed by atoms with E-state index in [1.165, 1.54) is 6.07 Å². The third-order valence-electron chi connectivity index (χ3n) is 3.99. The van der Waals surface area contributed by atoms with Crippen LogP contribution in [-0.4, -0.2) is 38.6 Å². The summed E-state index contributed by atoms with van der Waals surface area (Å²) in [4.78, 5) is 11.7. The normalized spacial score (nSPS) is 16.9. The molecule has 2 aromatic rings. The van der Waals surface area contributed by atoms with Crippen LogP contribution in [0.2, 0.25) is 5.02 Å². The average molecular weight is 389 g/mol. The van der Waals surface area contributed by atoms with Crippen LogP contribution in [0.25, 0.3) is 11.3 Å². The number of nitriles is 1. The lowest BCUT2D eigenvalue weighted by atomic mass is 10.0. The number of benzene rings is 1. The molecule has 1 aliphatic heterocycles. The van der Waals surface area contributed by atoms with Gasteiger partial charge in [0.15, 0.2) is 6.04 Å². The van der Waals surface area contributed by atoms with E-state index in [0.29, 0.717) is 9.58 Å². The highest BCUT2D eigenvalue weighted by molar-refractivity contribution is 6.31. The molecule has 3 rings (SSSR count). The zero-order chi connectivity index (χ0) is 19.2. The van der Waals surface area contributed by atoms with Crippen LogP contribution in [0.15, 0.2) is 18.2 Å². The standard InChI is InChI=1S/C15H9ClF4N4O2/c16-9-3-7(1-2-10(9)17)13-8(4-21)11-5-23(14(25)26)6-12(15(18,19)20)24(11)22-13/h1-3,12H,5-6H2,(H,25,26). The Balaban J connectivity index is 2.21. The van der Waals surface area contributed by atoms with Crippen LogP contribution in [-0.2, 0) is 6.54 Å². The van der Waals surface area contributed by atoms with Crippen molar-refractivity contribution in [3.8, 4) is 17.3 Å². The summed E-state index contributed by atoms with van der Waals surface area (Å²) >= 11 is 5.69. The molecule has 1 aliphatic rings. The Kier molecular flexibility index (Phi) is 4.28. The Morgan fingerprint density at radius 2 is 2.12 bits per heavy atom. The van der Waals surface area contributed by atoms with Crippen molar-refractivity contribution < 1.29 is 27.5 Å². The van der Waals surface area contributed by atoms with Crippen molar-refractivity contribution in [2.45, 2.75) is 18.8 Å². The molecule has 0 spiro atoms. The topological polar surface area (TPSA) is 82.2 Å². The number of carbonyl (C=O) groups is 1. The van der Waals surface area contributed by atoms with Gasteiger partial charge in [0.1, 0.15) is 23.1 Å². The Morgan fingerprint density at radius 1 is 1.42 bits per heavy atom. The molecule has 1 amide bonds. The van der Waals surface area contributed by atoms with Crippen LogP contribution in [0.3, 0.4) is 0 Å². The second kappa shape index (κ2) is 6.17. The van der Waals surface area contributed by atoms with E-state index in [2.05, 4.69) is 5.10 Å². The molecule has 1 atom stereocenters. The number of fused-ring (bicyclic) bond motifs is 1. The van der Waals surface area contributed by atoms with Crippen molar-refractivity contribution >= 4 is 17.7 Å². The lowest BCUT2D eigenvalue weighted by molar-refractivity contribution is -0.178.